The highest BCUT2D eigenvalue weighted by Crippen LogP contribution is 2.28. The van der Waals surface area contributed by atoms with Crippen molar-refractivity contribution in [1.29, 1.82) is 0 Å². The average Bonchev–Trinajstić information content (AvgIpc) is 3.52. The van der Waals surface area contributed by atoms with Gasteiger partial charge in [-0.25, -0.2) is 0 Å². The number of carbonyl (C=O) groups excluding carboxylic acids is 1. The van der Waals surface area contributed by atoms with Crippen molar-refractivity contribution in [2.75, 3.05) is 19.5 Å². The molecule has 0 aliphatic carbocycles. The molecular weight excluding hydrogens is 392 g/mol. The standard InChI is InChI=1S/C20H18N4O4S/c1-26-14-8-7-13(11-16(14)27-2)12-21-20-22-18(15-5-3-9-28-15)23-24(20)19(25)17-6-4-10-29-17/h3-11H,12H2,1-2H3,(H,21,22,23). The number of nitrogens with zero attached hydrogens (tertiary/aromatic N) is 3. The Bertz CT molecular complexity index is 1100. The second kappa shape index (κ2) is 8.19. The number of hydrogen-bond acceptors (Lipinski definition) is 8. The number of aromatic nitrogens is 3. The molecule has 0 saturated heterocycles. The Morgan fingerprint density at radius 3 is 2.72 bits per heavy atom. The summed E-state index contributed by atoms with van der Waals surface area (Å²) in [5.74, 6) is 2.14. The quantitative estimate of drug-likeness (QED) is 0.494. The molecule has 0 spiro atoms. The van der Waals surface area contributed by atoms with Crippen LogP contribution in [0.3, 0.4) is 0 Å². The second-order valence-corrected chi connectivity index (χ2v) is 6.92. The molecule has 0 saturated carbocycles. The van der Waals surface area contributed by atoms with E-state index in [-0.39, 0.29) is 5.91 Å². The monoisotopic (exact) mass is 410 g/mol. The molecule has 9 heteroatoms. The Morgan fingerprint density at radius 1 is 1.17 bits per heavy atom. The molecule has 0 atom stereocenters. The van der Waals surface area contributed by atoms with E-state index < -0.39 is 0 Å². The molecule has 4 aromatic rings. The van der Waals surface area contributed by atoms with Crippen LogP contribution >= 0.6 is 11.3 Å². The Labute approximate surface area is 170 Å². The highest BCUT2D eigenvalue weighted by molar-refractivity contribution is 7.12. The lowest BCUT2D eigenvalue weighted by atomic mass is 10.2. The molecule has 1 aromatic carbocycles. The van der Waals surface area contributed by atoms with Gasteiger partial charge >= 0.3 is 0 Å². The lowest BCUT2D eigenvalue weighted by Gasteiger charge is -2.10. The highest BCUT2D eigenvalue weighted by atomic mass is 32.1. The van der Waals surface area contributed by atoms with Crippen LogP contribution in [0.5, 0.6) is 11.5 Å². The minimum Gasteiger partial charge on any atom is -0.493 e. The second-order valence-electron chi connectivity index (χ2n) is 5.97. The van der Waals surface area contributed by atoms with Crippen molar-refractivity contribution in [2.24, 2.45) is 0 Å². The predicted molar refractivity (Wildman–Crippen MR) is 109 cm³/mol. The lowest BCUT2D eigenvalue weighted by Crippen LogP contribution is -2.16. The summed E-state index contributed by atoms with van der Waals surface area (Å²) in [5, 5.41) is 9.36. The van der Waals surface area contributed by atoms with Crippen molar-refractivity contribution in [2.45, 2.75) is 6.54 Å². The predicted octanol–water partition coefficient (Wildman–Crippen LogP) is 3.92. The van der Waals surface area contributed by atoms with E-state index in [9.17, 15) is 4.79 Å². The normalized spacial score (nSPS) is 10.7. The summed E-state index contributed by atoms with van der Waals surface area (Å²) in [6.07, 6.45) is 1.54. The maximum atomic E-state index is 12.9. The van der Waals surface area contributed by atoms with E-state index in [0.29, 0.717) is 40.5 Å². The van der Waals surface area contributed by atoms with Gasteiger partial charge in [-0.2, -0.15) is 9.67 Å². The third kappa shape index (κ3) is 3.85. The first-order valence-corrected chi connectivity index (χ1v) is 9.61. The largest absolute Gasteiger partial charge is 0.493 e. The molecule has 0 radical (unpaired) electrons. The molecule has 148 valence electrons. The lowest BCUT2D eigenvalue weighted by molar-refractivity contribution is 0.0951. The van der Waals surface area contributed by atoms with Crippen molar-refractivity contribution in [3.8, 4) is 23.1 Å². The number of rotatable bonds is 7. The minimum atomic E-state index is -0.264. The van der Waals surface area contributed by atoms with Crippen LogP contribution in [0.2, 0.25) is 0 Å². The fourth-order valence-corrected chi connectivity index (χ4v) is 3.40. The van der Waals surface area contributed by atoms with E-state index in [4.69, 9.17) is 13.9 Å². The van der Waals surface area contributed by atoms with E-state index in [1.807, 2.05) is 29.6 Å². The van der Waals surface area contributed by atoms with Crippen molar-refractivity contribution in [1.82, 2.24) is 14.8 Å². The molecule has 0 amide bonds. The summed E-state index contributed by atoms with van der Waals surface area (Å²) < 4.78 is 17.2. The number of ether oxygens (including phenoxy) is 2. The van der Waals surface area contributed by atoms with Gasteiger partial charge in [0.05, 0.1) is 25.4 Å². The molecule has 3 aromatic heterocycles. The van der Waals surface area contributed by atoms with Gasteiger partial charge in [-0.3, -0.25) is 4.79 Å². The number of benzene rings is 1. The average molecular weight is 410 g/mol. The fourth-order valence-electron chi connectivity index (χ4n) is 2.75. The molecule has 3 heterocycles. The zero-order valence-electron chi connectivity index (χ0n) is 15.8. The van der Waals surface area contributed by atoms with Gasteiger partial charge < -0.3 is 19.2 Å². The molecule has 4 rings (SSSR count). The van der Waals surface area contributed by atoms with Crippen LogP contribution in [0.15, 0.2) is 58.5 Å². The van der Waals surface area contributed by atoms with E-state index in [1.54, 1.807) is 32.4 Å². The summed E-state index contributed by atoms with van der Waals surface area (Å²) in [6.45, 7) is 0.411. The number of hydrogen-bond donors (Lipinski definition) is 1. The molecular formula is C20H18N4O4S. The van der Waals surface area contributed by atoms with Gasteiger partial charge in [-0.05, 0) is 41.3 Å². The number of furan rings is 1. The molecule has 8 nitrogen and oxygen atoms in total. The maximum Gasteiger partial charge on any atom is 0.291 e. The molecule has 0 fully saturated rings. The highest BCUT2D eigenvalue weighted by Gasteiger charge is 2.20. The zero-order valence-corrected chi connectivity index (χ0v) is 16.6. The number of carbonyl (C=O) groups is 1. The van der Waals surface area contributed by atoms with E-state index in [2.05, 4.69) is 15.4 Å². The summed E-state index contributed by atoms with van der Waals surface area (Å²) in [4.78, 5) is 17.9. The Hall–Kier alpha value is -3.59. The molecule has 0 bridgehead atoms. The molecule has 0 aliphatic heterocycles. The van der Waals surface area contributed by atoms with Crippen LogP contribution in [0.4, 0.5) is 5.95 Å². The Kier molecular flexibility index (Phi) is 5.30. The first-order chi connectivity index (χ1) is 14.2. The third-order valence-electron chi connectivity index (χ3n) is 4.17. The summed E-state index contributed by atoms with van der Waals surface area (Å²) in [7, 11) is 3.17. The smallest absolute Gasteiger partial charge is 0.291 e. The SMILES string of the molecule is COc1ccc(CNc2nc(-c3ccco3)nn2C(=O)c2cccs2)cc1OC. The molecule has 0 aliphatic rings. The van der Waals surface area contributed by atoms with Crippen LogP contribution in [0.25, 0.3) is 11.6 Å². The van der Waals surface area contributed by atoms with E-state index >= 15 is 0 Å². The summed E-state index contributed by atoms with van der Waals surface area (Å²) in [6, 6.07) is 12.6. The van der Waals surface area contributed by atoms with E-state index in [0.717, 1.165) is 5.56 Å². The topological polar surface area (TPSA) is 91.4 Å². The van der Waals surface area contributed by atoms with Crippen LogP contribution in [-0.2, 0) is 6.54 Å². The number of anilines is 1. The Morgan fingerprint density at radius 2 is 2.03 bits per heavy atom. The van der Waals surface area contributed by atoms with Gasteiger partial charge in [-0.15, -0.1) is 16.4 Å². The van der Waals surface area contributed by atoms with Gasteiger partial charge in [0.1, 0.15) is 0 Å². The van der Waals surface area contributed by atoms with Crippen LogP contribution in [0, 0.1) is 0 Å². The summed E-state index contributed by atoms with van der Waals surface area (Å²) in [5.41, 5.74) is 0.931. The van der Waals surface area contributed by atoms with Gasteiger partial charge in [0.15, 0.2) is 17.3 Å². The number of nitrogens with one attached hydrogen (secondary N) is 1. The van der Waals surface area contributed by atoms with Crippen molar-refractivity contribution in [3.63, 3.8) is 0 Å². The first kappa shape index (κ1) is 18.8. The first-order valence-electron chi connectivity index (χ1n) is 8.73. The summed E-state index contributed by atoms with van der Waals surface area (Å²) >= 11 is 1.35. The van der Waals surface area contributed by atoms with Gasteiger partial charge in [0.2, 0.25) is 11.8 Å². The third-order valence-corrected chi connectivity index (χ3v) is 5.03. The Balaban J connectivity index is 1.63. The van der Waals surface area contributed by atoms with Gasteiger partial charge in [0.25, 0.3) is 5.91 Å². The minimum absolute atomic E-state index is 0.264. The van der Waals surface area contributed by atoms with Crippen LogP contribution in [-0.4, -0.2) is 34.9 Å². The van der Waals surface area contributed by atoms with Crippen LogP contribution < -0.4 is 14.8 Å². The maximum absolute atomic E-state index is 12.9. The van der Waals surface area contributed by atoms with Crippen LogP contribution in [0.1, 0.15) is 15.2 Å². The van der Waals surface area contributed by atoms with Crippen molar-refractivity contribution in [3.05, 3.63) is 64.5 Å². The number of methoxy groups -OCH3 is 2. The van der Waals surface area contributed by atoms with E-state index in [1.165, 1.54) is 22.3 Å². The molecule has 29 heavy (non-hydrogen) atoms. The van der Waals surface area contributed by atoms with Crippen molar-refractivity contribution >= 4 is 23.2 Å². The van der Waals surface area contributed by atoms with Crippen molar-refractivity contribution < 1.29 is 18.7 Å². The number of thiophene rings is 1. The zero-order chi connectivity index (χ0) is 20.2. The van der Waals surface area contributed by atoms with Gasteiger partial charge in [-0.1, -0.05) is 12.1 Å². The molecule has 1 N–H and O–H groups in total. The molecule has 0 unspecified atom stereocenters. The van der Waals surface area contributed by atoms with Gasteiger partial charge in [0, 0.05) is 6.54 Å². The fraction of sp³-hybridized carbons (Fsp3) is 0.150.